The van der Waals surface area contributed by atoms with E-state index in [2.05, 4.69) is 48.7 Å². The summed E-state index contributed by atoms with van der Waals surface area (Å²) in [5.41, 5.74) is 1.59. The molecule has 3 aromatic rings. The average Bonchev–Trinajstić information content (AvgIpc) is 3.24. The highest BCUT2D eigenvalue weighted by molar-refractivity contribution is 9.10. The molecular weight excluding hydrogens is 457 g/mol. The molecule has 0 saturated heterocycles. The van der Waals surface area contributed by atoms with E-state index < -0.39 is 11.7 Å². The molecule has 0 atom stereocenters. The monoisotopic (exact) mass is 476 g/mol. The standard InChI is InChI=1S/C22H20BrF3N4/c23-16-7-11-17(12-8-16)28-20-19(22(24,25)26)13-27-21(30-20)29-18-9-5-15(6-10-18)14-3-1-2-4-14/h5-14H,1-4H2,(H2,27,28,29,30). The van der Waals surface area contributed by atoms with Crippen molar-refractivity contribution in [2.75, 3.05) is 10.6 Å². The number of benzene rings is 2. The number of anilines is 4. The van der Waals surface area contributed by atoms with Crippen LogP contribution in [0.2, 0.25) is 0 Å². The second-order valence-corrected chi connectivity index (χ2v) is 8.23. The Hall–Kier alpha value is -2.61. The van der Waals surface area contributed by atoms with Crippen molar-refractivity contribution in [2.45, 2.75) is 37.8 Å². The SMILES string of the molecule is FC(F)(F)c1cnc(Nc2ccc(C3CCCC3)cc2)nc1Nc1ccc(Br)cc1. The first kappa shape index (κ1) is 20.7. The first-order chi connectivity index (χ1) is 14.4. The summed E-state index contributed by atoms with van der Waals surface area (Å²) in [5.74, 6) is 0.393. The quantitative estimate of drug-likeness (QED) is 0.402. The van der Waals surface area contributed by atoms with Crippen LogP contribution in [0.1, 0.15) is 42.7 Å². The number of nitrogens with zero attached hydrogens (tertiary/aromatic N) is 2. The highest BCUT2D eigenvalue weighted by atomic mass is 79.9. The Morgan fingerprint density at radius 2 is 1.47 bits per heavy atom. The van der Waals surface area contributed by atoms with Gasteiger partial charge in [-0.05, 0) is 60.7 Å². The molecule has 156 valence electrons. The molecule has 4 nitrogen and oxygen atoms in total. The van der Waals surface area contributed by atoms with E-state index in [4.69, 9.17) is 0 Å². The van der Waals surface area contributed by atoms with Gasteiger partial charge in [-0.3, -0.25) is 0 Å². The van der Waals surface area contributed by atoms with Gasteiger partial charge in [0, 0.05) is 22.0 Å². The number of hydrogen-bond acceptors (Lipinski definition) is 4. The lowest BCUT2D eigenvalue weighted by molar-refractivity contribution is -0.137. The predicted molar refractivity (Wildman–Crippen MR) is 115 cm³/mol. The summed E-state index contributed by atoms with van der Waals surface area (Å²) in [5, 5.41) is 5.75. The normalized spacial score (nSPS) is 14.7. The van der Waals surface area contributed by atoms with Crippen LogP contribution in [0.3, 0.4) is 0 Å². The lowest BCUT2D eigenvalue weighted by atomic mass is 9.98. The molecular formula is C22H20BrF3N4. The molecule has 2 aromatic carbocycles. The topological polar surface area (TPSA) is 49.8 Å². The molecule has 1 heterocycles. The van der Waals surface area contributed by atoms with Gasteiger partial charge < -0.3 is 10.6 Å². The van der Waals surface area contributed by atoms with Crippen LogP contribution in [-0.4, -0.2) is 9.97 Å². The highest BCUT2D eigenvalue weighted by Crippen LogP contribution is 2.36. The van der Waals surface area contributed by atoms with Crippen molar-refractivity contribution in [3.8, 4) is 0 Å². The fourth-order valence-corrected chi connectivity index (χ4v) is 3.91. The van der Waals surface area contributed by atoms with Crippen LogP contribution in [0.4, 0.5) is 36.3 Å². The number of rotatable bonds is 5. The van der Waals surface area contributed by atoms with Gasteiger partial charge in [0.15, 0.2) is 0 Å². The summed E-state index contributed by atoms with van der Waals surface area (Å²) < 4.78 is 41.1. The number of hydrogen-bond donors (Lipinski definition) is 2. The highest BCUT2D eigenvalue weighted by Gasteiger charge is 2.35. The van der Waals surface area contributed by atoms with E-state index >= 15 is 0 Å². The summed E-state index contributed by atoms with van der Waals surface area (Å²) in [6.07, 6.45) is 1.17. The third kappa shape index (κ3) is 4.92. The van der Waals surface area contributed by atoms with Crippen molar-refractivity contribution in [3.63, 3.8) is 0 Å². The van der Waals surface area contributed by atoms with E-state index in [1.165, 1.54) is 31.2 Å². The fraction of sp³-hybridized carbons (Fsp3) is 0.273. The molecule has 0 amide bonds. The van der Waals surface area contributed by atoms with Gasteiger partial charge in [0.05, 0.1) is 0 Å². The molecule has 0 aliphatic heterocycles. The molecule has 0 unspecified atom stereocenters. The molecule has 4 rings (SSSR count). The summed E-state index contributed by atoms with van der Waals surface area (Å²) >= 11 is 3.31. The van der Waals surface area contributed by atoms with Crippen LogP contribution in [0.15, 0.2) is 59.2 Å². The summed E-state index contributed by atoms with van der Waals surface area (Å²) in [4.78, 5) is 7.95. The number of aromatic nitrogens is 2. The molecule has 1 aliphatic carbocycles. The second-order valence-electron chi connectivity index (χ2n) is 7.31. The smallest absolute Gasteiger partial charge is 0.340 e. The first-order valence-corrected chi connectivity index (χ1v) is 10.5. The Labute approximate surface area is 181 Å². The van der Waals surface area contributed by atoms with Crippen LogP contribution in [-0.2, 0) is 6.18 Å². The van der Waals surface area contributed by atoms with Gasteiger partial charge in [-0.15, -0.1) is 0 Å². The lowest BCUT2D eigenvalue weighted by Gasteiger charge is -2.15. The van der Waals surface area contributed by atoms with Crippen LogP contribution in [0.25, 0.3) is 0 Å². The van der Waals surface area contributed by atoms with Crippen molar-refractivity contribution in [1.82, 2.24) is 9.97 Å². The molecule has 0 spiro atoms. The average molecular weight is 477 g/mol. The molecule has 0 radical (unpaired) electrons. The van der Waals surface area contributed by atoms with Crippen LogP contribution < -0.4 is 10.6 Å². The van der Waals surface area contributed by atoms with Gasteiger partial charge in [-0.1, -0.05) is 40.9 Å². The van der Waals surface area contributed by atoms with E-state index in [9.17, 15) is 13.2 Å². The van der Waals surface area contributed by atoms with Gasteiger partial charge in [0.1, 0.15) is 11.4 Å². The largest absolute Gasteiger partial charge is 0.421 e. The number of alkyl halides is 3. The van der Waals surface area contributed by atoms with Crippen molar-refractivity contribution in [3.05, 3.63) is 70.3 Å². The van der Waals surface area contributed by atoms with Crippen LogP contribution >= 0.6 is 15.9 Å². The molecule has 8 heteroatoms. The zero-order valence-electron chi connectivity index (χ0n) is 16.0. The molecule has 1 saturated carbocycles. The zero-order valence-corrected chi connectivity index (χ0v) is 17.6. The van der Waals surface area contributed by atoms with E-state index in [1.54, 1.807) is 24.3 Å². The Morgan fingerprint density at radius 1 is 0.867 bits per heavy atom. The lowest BCUT2D eigenvalue weighted by Crippen LogP contribution is -2.12. The Morgan fingerprint density at radius 3 is 2.10 bits per heavy atom. The predicted octanol–water partition coefficient (Wildman–Crippen LogP) is 7.40. The van der Waals surface area contributed by atoms with Gasteiger partial charge in [-0.2, -0.15) is 18.2 Å². The number of halogens is 4. The van der Waals surface area contributed by atoms with Gasteiger partial charge in [0.2, 0.25) is 5.95 Å². The Balaban J connectivity index is 1.56. The molecule has 2 N–H and O–H groups in total. The van der Waals surface area contributed by atoms with Crippen LogP contribution in [0.5, 0.6) is 0 Å². The molecule has 30 heavy (non-hydrogen) atoms. The second kappa shape index (κ2) is 8.63. The van der Waals surface area contributed by atoms with Crippen molar-refractivity contribution in [2.24, 2.45) is 0 Å². The van der Waals surface area contributed by atoms with Crippen molar-refractivity contribution in [1.29, 1.82) is 0 Å². The third-order valence-corrected chi connectivity index (χ3v) is 5.72. The molecule has 1 aliphatic rings. The Bertz CT molecular complexity index is 998. The van der Waals surface area contributed by atoms with Crippen LogP contribution in [0, 0.1) is 0 Å². The van der Waals surface area contributed by atoms with E-state index in [0.29, 0.717) is 11.6 Å². The maximum atomic E-state index is 13.4. The minimum atomic E-state index is -4.57. The summed E-state index contributed by atoms with van der Waals surface area (Å²) in [7, 11) is 0. The Kier molecular flexibility index (Phi) is 5.94. The molecule has 1 aromatic heterocycles. The van der Waals surface area contributed by atoms with E-state index in [0.717, 1.165) is 16.4 Å². The molecule has 1 fully saturated rings. The van der Waals surface area contributed by atoms with Gasteiger partial charge >= 0.3 is 6.18 Å². The minimum absolute atomic E-state index is 0.0937. The zero-order chi connectivity index (χ0) is 21.1. The summed E-state index contributed by atoms with van der Waals surface area (Å²) in [6.45, 7) is 0. The van der Waals surface area contributed by atoms with E-state index in [1.807, 2.05) is 12.1 Å². The minimum Gasteiger partial charge on any atom is -0.340 e. The third-order valence-electron chi connectivity index (χ3n) is 5.19. The first-order valence-electron chi connectivity index (χ1n) is 9.72. The van der Waals surface area contributed by atoms with Crippen molar-refractivity contribution >= 4 is 39.1 Å². The van der Waals surface area contributed by atoms with Gasteiger partial charge in [-0.25, -0.2) is 4.98 Å². The summed E-state index contributed by atoms with van der Waals surface area (Å²) in [6, 6.07) is 14.8. The van der Waals surface area contributed by atoms with E-state index in [-0.39, 0.29) is 11.8 Å². The van der Waals surface area contributed by atoms with Gasteiger partial charge in [0.25, 0.3) is 0 Å². The maximum Gasteiger partial charge on any atom is 0.421 e. The van der Waals surface area contributed by atoms with Crippen molar-refractivity contribution < 1.29 is 13.2 Å². The number of nitrogens with one attached hydrogen (secondary N) is 2. The maximum absolute atomic E-state index is 13.4. The fourth-order valence-electron chi connectivity index (χ4n) is 3.64. The molecule has 0 bridgehead atoms.